The van der Waals surface area contributed by atoms with Gasteiger partial charge in [-0.3, -0.25) is 4.79 Å². The molecule has 1 atom stereocenters. The second-order valence-electron chi connectivity index (χ2n) is 1.83. The number of hydrogen-bond acceptors (Lipinski definition) is 4. The quantitative estimate of drug-likeness (QED) is 0.293. The second-order valence-corrected chi connectivity index (χ2v) is 1.83. The van der Waals surface area contributed by atoms with Crippen molar-refractivity contribution in [3.63, 3.8) is 0 Å². The summed E-state index contributed by atoms with van der Waals surface area (Å²) in [6.07, 6.45) is 0.219. The van der Waals surface area contributed by atoms with Crippen LogP contribution in [0.5, 0.6) is 0 Å². The van der Waals surface area contributed by atoms with E-state index in [9.17, 15) is 9.59 Å². The number of ether oxygens (including phenoxy) is 1. The van der Waals surface area contributed by atoms with Crippen molar-refractivity contribution >= 4 is 12.4 Å². The molecule has 0 aromatic carbocycles. The lowest BCUT2D eigenvalue weighted by atomic mass is 10.3. The standard InChI is InChI=1S/C5H9NO4/c1-5(9,6-3-7)4(8)10-2/h3,9H,1-2H3,(H,6,7). The normalized spacial score (nSPS) is 15.1. The van der Waals surface area contributed by atoms with Crippen LogP contribution in [0, 0.1) is 0 Å². The van der Waals surface area contributed by atoms with E-state index in [-0.39, 0.29) is 6.41 Å². The Morgan fingerprint density at radius 1 is 1.80 bits per heavy atom. The van der Waals surface area contributed by atoms with E-state index < -0.39 is 11.7 Å². The van der Waals surface area contributed by atoms with E-state index in [4.69, 9.17) is 5.11 Å². The predicted octanol–water partition coefficient (Wildman–Crippen LogP) is -1.39. The predicted molar refractivity (Wildman–Crippen MR) is 31.8 cm³/mol. The van der Waals surface area contributed by atoms with Gasteiger partial charge in [0.2, 0.25) is 12.1 Å². The van der Waals surface area contributed by atoms with Crippen molar-refractivity contribution in [2.45, 2.75) is 12.6 Å². The molecule has 0 aliphatic rings. The van der Waals surface area contributed by atoms with Crippen molar-refractivity contribution in [1.82, 2.24) is 5.32 Å². The molecular formula is C5H9NO4. The number of methoxy groups -OCH3 is 1. The Labute approximate surface area is 58.0 Å². The molecule has 2 N–H and O–H groups in total. The van der Waals surface area contributed by atoms with E-state index >= 15 is 0 Å². The summed E-state index contributed by atoms with van der Waals surface area (Å²) in [4.78, 5) is 20.3. The zero-order valence-corrected chi connectivity index (χ0v) is 5.75. The van der Waals surface area contributed by atoms with Crippen molar-refractivity contribution in [2.24, 2.45) is 0 Å². The minimum atomic E-state index is -1.92. The van der Waals surface area contributed by atoms with Gasteiger partial charge in [0.25, 0.3) is 0 Å². The number of amides is 1. The molecule has 0 aromatic heterocycles. The van der Waals surface area contributed by atoms with Gasteiger partial charge in [0.05, 0.1) is 7.11 Å². The van der Waals surface area contributed by atoms with Gasteiger partial charge in [-0.15, -0.1) is 0 Å². The highest BCUT2D eigenvalue weighted by Crippen LogP contribution is 1.97. The molecule has 0 aliphatic carbocycles. The number of hydrogen-bond donors (Lipinski definition) is 2. The molecular weight excluding hydrogens is 138 g/mol. The third kappa shape index (κ3) is 2.02. The molecule has 10 heavy (non-hydrogen) atoms. The maximum Gasteiger partial charge on any atom is 0.359 e. The summed E-state index contributed by atoms with van der Waals surface area (Å²) in [7, 11) is 1.11. The average Bonchev–Trinajstić information content (AvgIpc) is 1.86. The van der Waals surface area contributed by atoms with Gasteiger partial charge in [-0.2, -0.15) is 0 Å². The molecule has 0 heterocycles. The highest BCUT2D eigenvalue weighted by molar-refractivity contribution is 5.80. The van der Waals surface area contributed by atoms with Gasteiger partial charge in [0.1, 0.15) is 0 Å². The summed E-state index contributed by atoms with van der Waals surface area (Å²) in [6.45, 7) is 1.12. The Hall–Kier alpha value is -1.10. The lowest BCUT2D eigenvalue weighted by molar-refractivity contribution is -0.164. The maximum absolute atomic E-state index is 10.5. The largest absolute Gasteiger partial charge is 0.465 e. The SMILES string of the molecule is COC(=O)C(C)(O)NC=O. The van der Waals surface area contributed by atoms with Crippen molar-refractivity contribution in [3.05, 3.63) is 0 Å². The number of carbonyl (C=O) groups is 2. The molecule has 0 saturated carbocycles. The average molecular weight is 147 g/mol. The van der Waals surface area contributed by atoms with E-state index in [0.29, 0.717) is 0 Å². The molecule has 0 saturated heterocycles. The first-order valence-corrected chi connectivity index (χ1v) is 2.56. The zero-order valence-electron chi connectivity index (χ0n) is 5.75. The first-order chi connectivity index (χ1) is 4.54. The van der Waals surface area contributed by atoms with Crippen LogP contribution in [0.4, 0.5) is 0 Å². The fourth-order valence-electron chi connectivity index (χ4n) is 0.372. The molecule has 0 radical (unpaired) electrons. The third-order valence-electron chi connectivity index (χ3n) is 0.923. The molecule has 1 unspecified atom stereocenters. The number of carbonyl (C=O) groups excluding carboxylic acids is 2. The van der Waals surface area contributed by atoms with Gasteiger partial charge < -0.3 is 15.2 Å². The summed E-state index contributed by atoms with van der Waals surface area (Å²) in [5.41, 5.74) is -1.92. The van der Waals surface area contributed by atoms with E-state index in [1.807, 2.05) is 5.32 Å². The lowest BCUT2D eigenvalue weighted by Crippen LogP contribution is -2.49. The van der Waals surface area contributed by atoms with Crippen LogP contribution in [-0.4, -0.2) is 30.3 Å². The smallest absolute Gasteiger partial charge is 0.359 e. The first-order valence-electron chi connectivity index (χ1n) is 2.56. The van der Waals surface area contributed by atoms with Gasteiger partial charge in [0.15, 0.2) is 0 Å². The summed E-state index contributed by atoms with van der Waals surface area (Å²) < 4.78 is 4.16. The minimum absolute atomic E-state index is 0.219. The van der Waals surface area contributed by atoms with Crippen LogP contribution < -0.4 is 5.32 Å². The molecule has 0 bridgehead atoms. The molecule has 0 fully saturated rings. The molecule has 0 aliphatic heterocycles. The molecule has 0 spiro atoms. The fourth-order valence-corrected chi connectivity index (χ4v) is 0.372. The molecule has 1 amide bonds. The third-order valence-corrected chi connectivity index (χ3v) is 0.923. The van der Waals surface area contributed by atoms with Crippen molar-refractivity contribution in [3.8, 4) is 0 Å². The summed E-state index contributed by atoms with van der Waals surface area (Å²) in [5.74, 6) is -0.903. The topological polar surface area (TPSA) is 75.6 Å². The highest BCUT2D eigenvalue weighted by atomic mass is 16.5. The molecule has 5 nitrogen and oxygen atoms in total. The Balaban J connectivity index is 4.08. The van der Waals surface area contributed by atoms with Crippen molar-refractivity contribution < 1.29 is 19.4 Å². The van der Waals surface area contributed by atoms with Crippen LogP contribution >= 0.6 is 0 Å². The summed E-state index contributed by atoms with van der Waals surface area (Å²) >= 11 is 0. The van der Waals surface area contributed by atoms with E-state index in [2.05, 4.69) is 4.74 Å². The van der Waals surface area contributed by atoms with E-state index in [0.717, 1.165) is 14.0 Å². The molecule has 0 rings (SSSR count). The summed E-state index contributed by atoms with van der Waals surface area (Å²) in [5, 5.41) is 10.8. The Morgan fingerprint density at radius 3 is 2.60 bits per heavy atom. The van der Waals surface area contributed by atoms with Crippen LogP contribution in [0.3, 0.4) is 0 Å². The van der Waals surface area contributed by atoms with Gasteiger partial charge in [-0.05, 0) is 6.92 Å². The van der Waals surface area contributed by atoms with Gasteiger partial charge in [0, 0.05) is 0 Å². The molecule has 0 aromatic rings. The van der Waals surface area contributed by atoms with Crippen molar-refractivity contribution in [1.29, 1.82) is 0 Å². The zero-order chi connectivity index (χ0) is 8.20. The summed E-state index contributed by atoms with van der Waals surface area (Å²) in [6, 6.07) is 0. The maximum atomic E-state index is 10.5. The Kier molecular flexibility index (Phi) is 2.82. The second kappa shape index (κ2) is 3.17. The van der Waals surface area contributed by atoms with E-state index in [1.165, 1.54) is 0 Å². The number of nitrogens with one attached hydrogen (secondary N) is 1. The lowest BCUT2D eigenvalue weighted by Gasteiger charge is -2.17. The Bertz CT molecular complexity index is 143. The first kappa shape index (κ1) is 8.90. The van der Waals surface area contributed by atoms with Gasteiger partial charge >= 0.3 is 5.97 Å². The van der Waals surface area contributed by atoms with Crippen LogP contribution in [0.15, 0.2) is 0 Å². The van der Waals surface area contributed by atoms with Crippen LogP contribution in [0.25, 0.3) is 0 Å². The van der Waals surface area contributed by atoms with Gasteiger partial charge in [-0.1, -0.05) is 0 Å². The van der Waals surface area contributed by atoms with Crippen LogP contribution in [0.2, 0.25) is 0 Å². The van der Waals surface area contributed by atoms with Crippen LogP contribution in [-0.2, 0) is 14.3 Å². The molecule has 58 valence electrons. The van der Waals surface area contributed by atoms with Crippen molar-refractivity contribution in [2.75, 3.05) is 7.11 Å². The minimum Gasteiger partial charge on any atom is -0.465 e. The van der Waals surface area contributed by atoms with Crippen LogP contribution in [0.1, 0.15) is 6.92 Å². The van der Waals surface area contributed by atoms with Gasteiger partial charge in [-0.25, -0.2) is 4.79 Å². The number of aliphatic hydroxyl groups is 1. The van der Waals surface area contributed by atoms with E-state index in [1.54, 1.807) is 0 Å². The molecule has 5 heteroatoms. The highest BCUT2D eigenvalue weighted by Gasteiger charge is 2.30. The monoisotopic (exact) mass is 147 g/mol. The Morgan fingerprint density at radius 2 is 2.30 bits per heavy atom. The number of esters is 1. The number of rotatable bonds is 3. The fraction of sp³-hybridized carbons (Fsp3) is 0.600.